The largest absolute Gasteiger partial charge is 0.494 e. The van der Waals surface area contributed by atoms with Crippen LogP contribution in [0.15, 0.2) is 36.7 Å². The van der Waals surface area contributed by atoms with E-state index in [4.69, 9.17) is 9.47 Å². The number of ether oxygens (including phenoxy) is 2. The number of fused-ring (bicyclic) bond motifs is 1. The second-order valence-corrected chi connectivity index (χ2v) is 8.67. The first-order valence-electron chi connectivity index (χ1n) is 11.0. The molecular formula is C24H26FN5O3. The average molecular weight is 452 g/mol. The normalized spacial score (nSPS) is 17.3. The van der Waals surface area contributed by atoms with Gasteiger partial charge in [0.15, 0.2) is 5.60 Å². The highest BCUT2D eigenvalue weighted by molar-refractivity contribution is 6.00. The van der Waals surface area contributed by atoms with Gasteiger partial charge in [0.2, 0.25) is 0 Å². The lowest BCUT2D eigenvalue weighted by atomic mass is 9.93. The highest BCUT2D eigenvalue weighted by Gasteiger charge is 2.54. The Bertz CT molecular complexity index is 1230. The van der Waals surface area contributed by atoms with E-state index < -0.39 is 11.7 Å². The van der Waals surface area contributed by atoms with Gasteiger partial charge in [-0.15, -0.1) is 0 Å². The number of halogens is 1. The Morgan fingerprint density at radius 1 is 1.24 bits per heavy atom. The van der Waals surface area contributed by atoms with Gasteiger partial charge in [-0.1, -0.05) is 19.1 Å². The predicted octanol–water partition coefficient (Wildman–Crippen LogP) is 4.25. The Labute approximate surface area is 191 Å². The summed E-state index contributed by atoms with van der Waals surface area (Å²) in [4.78, 5) is 25.4. The molecule has 0 aliphatic carbocycles. The molecule has 2 aromatic carbocycles. The summed E-state index contributed by atoms with van der Waals surface area (Å²) in [5.74, 6) is 0.603. The molecule has 1 spiro atoms. The summed E-state index contributed by atoms with van der Waals surface area (Å²) >= 11 is 0. The van der Waals surface area contributed by atoms with E-state index in [-0.39, 0.29) is 5.82 Å². The molecule has 0 unspecified atom stereocenters. The van der Waals surface area contributed by atoms with Gasteiger partial charge in [-0.3, -0.25) is 9.80 Å². The zero-order valence-corrected chi connectivity index (χ0v) is 18.9. The minimum Gasteiger partial charge on any atom is -0.494 e. The van der Waals surface area contributed by atoms with Crippen LogP contribution in [0.3, 0.4) is 0 Å². The molecule has 0 bridgehead atoms. The van der Waals surface area contributed by atoms with Gasteiger partial charge in [0.25, 0.3) is 0 Å². The number of nitrogens with one attached hydrogen (secondary N) is 1. The van der Waals surface area contributed by atoms with Crippen LogP contribution in [0.1, 0.15) is 18.9 Å². The van der Waals surface area contributed by atoms with Crippen molar-refractivity contribution in [2.75, 3.05) is 43.5 Å². The SMILES string of the molecule is CCCN1CC2(C1)CN(c1cc3c(Nc4cccc(C)c4F)ncnc3cc1OC)C(=O)O2. The van der Waals surface area contributed by atoms with Crippen molar-refractivity contribution in [1.29, 1.82) is 0 Å². The first-order chi connectivity index (χ1) is 15.9. The Morgan fingerprint density at radius 2 is 2.06 bits per heavy atom. The van der Waals surface area contributed by atoms with Gasteiger partial charge >= 0.3 is 6.09 Å². The van der Waals surface area contributed by atoms with E-state index in [0.29, 0.717) is 46.0 Å². The molecule has 0 saturated carbocycles. The molecule has 3 aromatic rings. The van der Waals surface area contributed by atoms with Crippen molar-refractivity contribution < 1.29 is 18.7 Å². The topological polar surface area (TPSA) is 79.8 Å². The number of nitrogens with zero attached hydrogens (tertiary/aromatic N) is 4. The van der Waals surface area contributed by atoms with E-state index in [9.17, 15) is 9.18 Å². The van der Waals surface area contributed by atoms with Crippen LogP contribution in [0, 0.1) is 12.7 Å². The van der Waals surface area contributed by atoms with Crippen LogP contribution in [-0.2, 0) is 4.74 Å². The molecule has 2 aliphatic rings. The minimum atomic E-state index is -0.495. The smallest absolute Gasteiger partial charge is 0.415 e. The third kappa shape index (κ3) is 3.72. The number of anilines is 3. The number of amides is 1. The molecule has 33 heavy (non-hydrogen) atoms. The highest BCUT2D eigenvalue weighted by Crippen LogP contribution is 2.41. The fourth-order valence-electron chi connectivity index (χ4n) is 4.63. The minimum absolute atomic E-state index is 0.317. The first-order valence-corrected chi connectivity index (χ1v) is 11.0. The molecule has 1 N–H and O–H groups in total. The van der Waals surface area contributed by atoms with Crippen LogP contribution >= 0.6 is 0 Å². The lowest BCUT2D eigenvalue weighted by Gasteiger charge is -2.45. The number of aryl methyl sites for hydroxylation is 1. The lowest BCUT2D eigenvalue weighted by molar-refractivity contribution is -0.0720. The van der Waals surface area contributed by atoms with E-state index >= 15 is 0 Å². The quantitative estimate of drug-likeness (QED) is 0.600. The Hall–Kier alpha value is -3.46. The molecule has 0 atom stereocenters. The van der Waals surface area contributed by atoms with Crippen molar-refractivity contribution in [2.45, 2.75) is 25.9 Å². The van der Waals surface area contributed by atoms with Gasteiger partial charge in [-0.05, 0) is 37.6 Å². The van der Waals surface area contributed by atoms with Crippen LogP contribution < -0.4 is 15.0 Å². The van der Waals surface area contributed by atoms with Crippen molar-refractivity contribution in [3.05, 3.63) is 48.0 Å². The monoisotopic (exact) mass is 451 g/mol. The van der Waals surface area contributed by atoms with Gasteiger partial charge in [-0.25, -0.2) is 19.2 Å². The molecular weight excluding hydrogens is 425 g/mol. The zero-order chi connectivity index (χ0) is 23.2. The summed E-state index contributed by atoms with van der Waals surface area (Å²) in [7, 11) is 1.55. The molecule has 2 aliphatic heterocycles. The number of hydrogen-bond acceptors (Lipinski definition) is 7. The van der Waals surface area contributed by atoms with Crippen molar-refractivity contribution in [3.8, 4) is 5.75 Å². The fourth-order valence-corrected chi connectivity index (χ4v) is 4.63. The number of carbonyl (C=O) groups excluding carboxylic acids is 1. The zero-order valence-electron chi connectivity index (χ0n) is 18.9. The standard InChI is InChI=1S/C24H26FN5O3/c1-4-8-29-11-24(12-29)13-30(23(31)33-24)19-9-16-18(10-20(19)32-3)26-14-27-22(16)28-17-7-5-6-15(2)21(17)25/h5-7,9-10,14H,4,8,11-13H2,1-3H3,(H,26,27,28). The maximum Gasteiger partial charge on any atom is 0.415 e. The number of carbonyl (C=O) groups is 1. The number of benzene rings is 2. The average Bonchev–Trinajstić information content (AvgIpc) is 3.13. The van der Waals surface area contributed by atoms with Crippen molar-refractivity contribution in [2.24, 2.45) is 0 Å². The van der Waals surface area contributed by atoms with E-state index in [0.717, 1.165) is 26.1 Å². The van der Waals surface area contributed by atoms with E-state index in [2.05, 4.69) is 27.1 Å². The van der Waals surface area contributed by atoms with Crippen molar-refractivity contribution in [1.82, 2.24) is 14.9 Å². The van der Waals surface area contributed by atoms with Crippen LogP contribution in [0.4, 0.5) is 26.4 Å². The van der Waals surface area contributed by atoms with Crippen LogP contribution in [0.5, 0.6) is 5.75 Å². The van der Waals surface area contributed by atoms with Gasteiger partial charge in [0, 0.05) is 24.5 Å². The molecule has 1 amide bonds. The Morgan fingerprint density at radius 3 is 2.82 bits per heavy atom. The second-order valence-electron chi connectivity index (χ2n) is 8.67. The van der Waals surface area contributed by atoms with E-state index in [1.165, 1.54) is 6.33 Å². The molecule has 1 aromatic heterocycles. The highest BCUT2D eigenvalue weighted by atomic mass is 19.1. The number of methoxy groups -OCH3 is 1. The van der Waals surface area contributed by atoms with Gasteiger partial charge in [0.1, 0.15) is 23.7 Å². The molecule has 2 fully saturated rings. The third-order valence-corrected chi connectivity index (χ3v) is 6.21. The fraction of sp³-hybridized carbons (Fsp3) is 0.375. The second kappa shape index (κ2) is 8.15. The summed E-state index contributed by atoms with van der Waals surface area (Å²) in [5, 5.41) is 3.72. The van der Waals surface area contributed by atoms with E-state index in [1.807, 2.05) is 0 Å². The maximum absolute atomic E-state index is 14.6. The summed E-state index contributed by atoms with van der Waals surface area (Å²) in [6.45, 7) is 6.72. The van der Waals surface area contributed by atoms with Crippen LogP contribution in [-0.4, -0.2) is 59.9 Å². The van der Waals surface area contributed by atoms with Crippen molar-refractivity contribution >= 4 is 34.2 Å². The van der Waals surface area contributed by atoms with Gasteiger partial charge in [-0.2, -0.15) is 0 Å². The molecule has 5 rings (SSSR count). The molecule has 172 valence electrons. The number of hydrogen-bond donors (Lipinski definition) is 1. The molecule has 9 heteroatoms. The molecule has 0 radical (unpaired) electrons. The summed E-state index contributed by atoms with van der Waals surface area (Å²) < 4.78 is 26.0. The number of aromatic nitrogens is 2. The first kappa shape index (κ1) is 21.4. The Balaban J connectivity index is 1.51. The number of rotatable bonds is 6. The molecule has 3 heterocycles. The maximum atomic E-state index is 14.6. The third-order valence-electron chi connectivity index (χ3n) is 6.21. The van der Waals surface area contributed by atoms with Gasteiger partial charge < -0.3 is 14.8 Å². The molecule has 2 saturated heterocycles. The Kier molecular flexibility index (Phi) is 5.28. The van der Waals surface area contributed by atoms with Crippen LogP contribution in [0.2, 0.25) is 0 Å². The summed E-state index contributed by atoms with van der Waals surface area (Å²) in [5.41, 5.74) is 1.54. The predicted molar refractivity (Wildman–Crippen MR) is 124 cm³/mol. The van der Waals surface area contributed by atoms with E-state index in [1.54, 1.807) is 49.3 Å². The van der Waals surface area contributed by atoms with Crippen molar-refractivity contribution in [3.63, 3.8) is 0 Å². The van der Waals surface area contributed by atoms with Crippen LogP contribution in [0.25, 0.3) is 10.9 Å². The lowest BCUT2D eigenvalue weighted by Crippen LogP contribution is -2.63. The van der Waals surface area contributed by atoms with Gasteiger partial charge in [0.05, 0.1) is 30.5 Å². The molecule has 8 nitrogen and oxygen atoms in total. The summed E-state index contributed by atoms with van der Waals surface area (Å²) in [6.07, 6.45) is 2.07. The number of likely N-dealkylation sites (tertiary alicyclic amines) is 1. The summed E-state index contributed by atoms with van der Waals surface area (Å²) in [6, 6.07) is 8.69.